The predicted octanol–water partition coefficient (Wildman–Crippen LogP) is 5.72. The van der Waals surface area contributed by atoms with Gasteiger partial charge in [-0.1, -0.05) is 48.0 Å². The summed E-state index contributed by atoms with van der Waals surface area (Å²) in [4.78, 5) is 17.8. The normalized spacial score (nSPS) is 11.2. The minimum absolute atomic E-state index is 0.0224. The number of para-hydroxylation sites is 1. The second kappa shape index (κ2) is 10.1. The minimum Gasteiger partial charge on any atom is -0.490 e. The van der Waals surface area contributed by atoms with E-state index in [0.29, 0.717) is 27.9 Å². The van der Waals surface area contributed by atoms with Gasteiger partial charge in [0, 0.05) is 28.1 Å². The zero-order valence-corrected chi connectivity index (χ0v) is 18.1. The van der Waals surface area contributed by atoms with Gasteiger partial charge in [-0.05, 0) is 37.6 Å². The Bertz CT molecular complexity index is 1120. The molecule has 3 aromatic rings. The Balaban J connectivity index is 1.74. The molecule has 7 heteroatoms. The van der Waals surface area contributed by atoms with Crippen LogP contribution < -0.4 is 10.1 Å². The quantitative estimate of drug-likeness (QED) is 0.379. The van der Waals surface area contributed by atoms with E-state index in [4.69, 9.17) is 16.3 Å². The number of hydrogen-bond acceptors (Lipinski definition) is 5. The molecule has 3 rings (SSSR count). The van der Waals surface area contributed by atoms with Crippen LogP contribution in [0.1, 0.15) is 29.9 Å². The van der Waals surface area contributed by atoms with Crippen molar-refractivity contribution in [3.05, 3.63) is 81.3 Å². The van der Waals surface area contributed by atoms with E-state index in [1.165, 1.54) is 17.4 Å². The summed E-state index contributed by atoms with van der Waals surface area (Å²) < 4.78 is 5.75. The largest absolute Gasteiger partial charge is 0.490 e. The van der Waals surface area contributed by atoms with E-state index in [9.17, 15) is 10.1 Å². The standard InChI is InChI=1S/C23H20ClN3O2S/c1-15(2)29-21-10-6-4-8-17(21)11-18(13-25)22(28)27-23-26-14-19(30-23)12-16-7-3-5-9-20(16)24/h3-11,14-15H,12H2,1-2H3,(H,26,27,28). The van der Waals surface area contributed by atoms with Crippen molar-refractivity contribution in [1.29, 1.82) is 5.26 Å². The van der Waals surface area contributed by atoms with Crippen molar-refractivity contribution in [3.8, 4) is 11.8 Å². The molecule has 0 bridgehead atoms. The zero-order valence-electron chi connectivity index (χ0n) is 16.6. The summed E-state index contributed by atoms with van der Waals surface area (Å²) in [7, 11) is 0. The van der Waals surface area contributed by atoms with Gasteiger partial charge in [0.2, 0.25) is 0 Å². The Kier molecular flexibility index (Phi) is 7.23. The lowest BCUT2D eigenvalue weighted by Gasteiger charge is -2.12. The van der Waals surface area contributed by atoms with Gasteiger partial charge in [-0.3, -0.25) is 10.1 Å². The van der Waals surface area contributed by atoms with E-state index in [-0.39, 0.29) is 11.7 Å². The molecule has 1 amide bonds. The predicted molar refractivity (Wildman–Crippen MR) is 121 cm³/mol. The van der Waals surface area contributed by atoms with Gasteiger partial charge in [-0.25, -0.2) is 4.98 Å². The Morgan fingerprint density at radius 2 is 2.00 bits per heavy atom. The lowest BCUT2D eigenvalue weighted by atomic mass is 10.1. The Labute approximate surface area is 184 Å². The molecule has 1 heterocycles. The second-order valence-electron chi connectivity index (χ2n) is 6.73. The molecular weight excluding hydrogens is 418 g/mol. The molecule has 152 valence electrons. The fourth-order valence-electron chi connectivity index (χ4n) is 2.71. The van der Waals surface area contributed by atoms with Gasteiger partial charge in [0.15, 0.2) is 5.13 Å². The van der Waals surface area contributed by atoms with Crippen molar-refractivity contribution in [1.82, 2.24) is 4.98 Å². The zero-order chi connectivity index (χ0) is 21.5. The van der Waals surface area contributed by atoms with Crippen molar-refractivity contribution < 1.29 is 9.53 Å². The third kappa shape index (κ3) is 5.69. The van der Waals surface area contributed by atoms with Crippen molar-refractivity contribution in [3.63, 3.8) is 0 Å². The maximum absolute atomic E-state index is 12.6. The first kappa shape index (κ1) is 21.6. The number of halogens is 1. The molecule has 2 aromatic carbocycles. The van der Waals surface area contributed by atoms with Crippen LogP contribution in [0.5, 0.6) is 5.75 Å². The maximum Gasteiger partial charge on any atom is 0.268 e. The Morgan fingerprint density at radius 3 is 2.73 bits per heavy atom. The van der Waals surface area contributed by atoms with Crippen LogP contribution in [-0.4, -0.2) is 17.0 Å². The van der Waals surface area contributed by atoms with E-state index in [0.717, 1.165) is 10.4 Å². The van der Waals surface area contributed by atoms with E-state index in [2.05, 4.69) is 10.3 Å². The summed E-state index contributed by atoms with van der Waals surface area (Å²) in [6.07, 6.45) is 3.82. The average molecular weight is 438 g/mol. The molecule has 0 aliphatic rings. The number of amides is 1. The molecule has 0 aliphatic heterocycles. The van der Waals surface area contributed by atoms with E-state index >= 15 is 0 Å². The molecule has 5 nitrogen and oxygen atoms in total. The number of anilines is 1. The Hall–Kier alpha value is -3.14. The smallest absolute Gasteiger partial charge is 0.268 e. The van der Waals surface area contributed by atoms with Gasteiger partial charge in [-0.2, -0.15) is 5.26 Å². The number of thiazole rings is 1. The molecule has 0 fully saturated rings. The molecule has 0 saturated carbocycles. The molecular formula is C23H20ClN3O2S. The van der Waals surface area contributed by atoms with Crippen molar-refractivity contribution >= 4 is 40.1 Å². The molecule has 0 atom stereocenters. The van der Waals surface area contributed by atoms with Crippen LogP contribution in [-0.2, 0) is 11.2 Å². The topological polar surface area (TPSA) is 75.0 Å². The van der Waals surface area contributed by atoms with Gasteiger partial charge in [0.1, 0.15) is 17.4 Å². The first-order valence-electron chi connectivity index (χ1n) is 9.33. The molecule has 0 aliphatic carbocycles. The molecule has 0 radical (unpaired) electrons. The van der Waals surface area contributed by atoms with Crippen LogP contribution in [0.3, 0.4) is 0 Å². The average Bonchev–Trinajstić information content (AvgIpc) is 3.15. The van der Waals surface area contributed by atoms with Gasteiger partial charge >= 0.3 is 0 Å². The first-order chi connectivity index (χ1) is 14.5. The van der Waals surface area contributed by atoms with Crippen LogP contribution in [0.2, 0.25) is 5.02 Å². The number of carbonyl (C=O) groups is 1. The Morgan fingerprint density at radius 1 is 1.27 bits per heavy atom. The van der Waals surface area contributed by atoms with Gasteiger partial charge in [0.25, 0.3) is 5.91 Å². The molecule has 1 N–H and O–H groups in total. The van der Waals surface area contributed by atoms with Crippen LogP contribution >= 0.6 is 22.9 Å². The highest BCUT2D eigenvalue weighted by molar-refractivity contribution is 7.15. The molecule has 0 spiro atoms. The van der Waals surface area contributed by atoms with Gasteiger partial charge < -0.3 is 4.74 Å². The van der Waals surface area contributed by atoms with Crippen LogP contribution in [0.4, 0.5) is 5.13 Å². The van der Waals surface area contributed by atoms with Crippen LogP contribution in [0.15, 0.2) is 60.3 Å². The van der Waals surface area contributed by atoms with Crippen molar-refractivity contribution in [2.75, 3.05) is 5.32 Å². The summed E-state index contributed by atoms with van der Waals surface area (Å²) in [6, 6.07) is 16.8. The van der Waals surface area contributed by atoms with E-state index in [1.807, 2.05) is 56.3 Å². The first-order valence-corrected chi connectivity index (χ1v) is 10.5. The summed E-state index contributed by atoms with van der Waals surface area (Å²) in [5, 5.41) is 13.3. The molecule has 0 saturated heterocycles. The van der Waals surface area contributed by atoms with Crippen molar-refractivity contribution in [2.45, 2.75) is 26.4 Å². The van der Waals surface area contributed by atoms with Crippen molar-refractivity contribution in [2.24, 2.45) is 0 Å². The third-order valence-electron chi connectivity index (χ3n) is 4.04. The number of nitrogens with one attached hydrogen (secondary N) is 1. The number of ether oxygens (including phenoxy) is 1. The third-order valence-corrected chi connectivity index (χ3v) is 5.32. The lowest BCUT2D eigenvalue weighted by Crippen LogP contribution is -2.13. The summed E-state index contributed by atoms with van der Waals surface area (Å²) in [5.41, 5.74) is 1.62. The number of aromatic nitrogens is 1. The highest BCUT2D eigenvalue weighted by atomic mass is 35.5. The number of rotatable bonds is 7. The summed E-state index contributed by atoms with van der Waals surface area (Å²) >= 11 is 7.56. The maximum atomic E-state index is 12.6. The van der Waals surface area contributed by atoms with Crippen LogP contribution in [0.25, 0.3) is 6.08 Å². The summed E-state index contributed by atoms with van der Waals surface area (Å²) in [6.45, 7) is 3.84. The highest BCUT2D eigenvalue weighted by Gasteiger charge is 2.14. The molecule has 0 unspecified atom stereocenters. The van der Waals surface area contributed by atoms with E-state index in [1.54, 1.807) is 18.3 Å². The van der Waals surface area contributed by atoms with Gasteiger partial charge in [0.05, 0.1) is 6.10 Å². The molecule has 30 heavy (non-hydrogen) atoms. The monoisotopic (exact) mass is 437 g/mol. The number of benzene rings is 2. The summed E-state index contributed by atoms with van der Waals surface area (Å²) in [5.74, 6) is 0.0971. The van der Waals surface area contributed by atoms with Crippen LogP contribution in [0, 0.1) is 11.3 Å². The van der Waals surface area contributed by atoms with Gasteiger partial charge in [-0.15, -0.1) is 11.3 Å². The SMILES string of the molecule is CC(C)Oc1ccccc1C=C(C#N)C(=O)Nc1ncc(Cc2ccccc2Cl)s1. The molecule has 1 aromatic heterocycles. The number of nitrogens with zero attached hydrogens (tertiary/aromatic N) is 2. The lowest BCUT2D eigenvalue weighted by molar-refractivity contribution is -0.112. The number of hydrogen-bond donors (Lipinski definition) is 1. The fraction of sp³-hybridized carbons (Fsp3) is 0.174. The highest BCUT2D eigenvalue weighted by Crippen LogP contribution is 2.26. The minimum atomic E-state index is -0.518. The van der Waals surface area contributed by atoms with E-state index < -0.39 is 5.91 Å². The second-order valence-corrected chi connectivity index (χ2v) is 8.25. The fourth-order valence-corrected chi connectivity index (χ4v) is 3.74. The number of carbonyl (C=O) groups excluding carboxylic acids is 1. The number of nitriles is 1.